The molecule has 2 aromatic heterocycles. The Bertz CT molecular complexity index is 1630. The second kappa shape index (κ2) is 11.9. The number of carbonyl (C=O) groups is 2. The number of hydrogen-bond donors (Lipinski definition) is 1. The lowest BCUT2D eigenvalue weighted by molar-refractivity contribution is -0.138. The van der Waals surface area contributed by atoms with Crippen LogP contribution < -0.4 is 5.43 Å². The summed E-state index contributed by atoms with van der Waals surface area (Å²) < 4.78 is 84.9. The minimum Gasteiger partial charge on any atom is -0.462 e. The molecular weight excluding hydrogens is 570 g/mol. The molecule has 0 aliphatic heterocycles. The molecule has 0 radical (unpaired) electrons. The van der Waals surface area contributed by atoms with E-state index in [2.05, 4.69) is 9.97 Å². The van der Waals surface area contributed by atoms with E-state index in [-0.39, 0.29) is 51.2 Å². The van der Waals surface area contributed by atoms with Crippen molar-refractivity contribution in [2.75, 3.05) is 13.2 Å². The Hall–Kier alpha value is -4.13. The monoisotopic (exact) mass is 588 g/mol. The van der Waals surface area contributed by atoms with Gasteiger partial charge in [-0.3, -0.25) is 9.78 Å². The van der Waals surface area contributed by atoms with E-state index in [0.29, 0.717) is 0 Å². The standard InChI is InChI=1S/C13H9ClF3NO2.C13H10F3NO3/c1-2-20-12(19)9-6-18-10-5-7(13(15,16)17)3-4-8(10)11(9)14;1-2-20-12(19)9-6-17-10-5-7(13(14,15)16)3-4-8(10)11(9)18/h3-6H,2H2,1H3;3-6H,2H2,1H3,(H,17,18). The number of nitrogens with one attached hydrogen (secondary N) is 1. The van der Waals surface area contributed by atoms with Gasteiger partial charge in [-0.25, -0.2) is 9.59 Å². The average molecular weight is 589 g/mol. The van der Waals surface area contributed by atoms with E-state index < -0.39 is 40.8 Å². The molecule has 2 aromatic carbocycles. The Morgan fingerprint density at radius 1 is 0.850 bits per heavy atom. The second-order valence-electron chi connectivity index (χ2n) is 7.95. The molecule has 40 heavy (non-hydrogen) atoms. The SMILES string of the molecule is CCOC(=O)c1c[nH]c2cc(C(F)(F)F)ccc2c1=O.CCOC(=O)c1cnc2cc(C(F)(F)F)ccc2c1Cl. The lowest BCUT2D eigenvalue weighted by Gasteiger charge is -2.10. The first-order valence-electron chi connectivity index (χ1n) is 11.4. The molecule has 1 N–H and O–H groups in total. The highest BCUT2D eigenvalue weighted by molar-refractivity contribution is 6.38. The van der Waals surface area contributed by atoms with Crippen LogP contribution >= 0.6 is 11.6 Å². The van der Waals surface area contributed by atoms with E-state index in [1.807, 2.05) is 0 Å². The summed E-state index contributed by atoms with van der Waals surface area (Å²) in [5.74, 6) is -1.47. The van der Waals surface area contributed by atoms with Crippen molar-refractivity contribution in [2.24, 2.45) is 0 Å². The number of benzene rings is 2. The topological polar surface area (TPSA) is 98.4 Å². The van der Waals surface area contributed by atoms with E-state index in [4.69, 9.17) is 21.1 Å². The summed E-state index contributed by atoms with van der Waals surface area (Å²) >= 11 is 6.02. The number of esters is 2. The summed E-state index contributed by atoms with van der Waals surface area (Å²) in [6.45, 7) is 3.49. The van der Waals surface area contributed by atoms with E-state index in [0.717, 1.165) is 42.7 Å². The molecule has 0 saturated carbocycles. The van der Waals surface area contributed by atoms with Gasteiger partial charge in [0.15, 0.2) is 0 Å². The zero-order valence-electron chi connectivity index (χ0n) is 20.7. The van der Waals surface area contributed by atoms with Crippen molar-refractivity contribution in [3.8, 4) is 0 Å². The van der Waals surface area contributed by atoms with Crippen molar-refractivity contribution in [3.63, 3.8) is 0 Å². The Morgan fingerprint density at radius 3 is 1.93 bits per heavy atom. The molecule has 0 bridgehead atoms. The van der Waals surface area contributed by atoms with Crippen molar-refractivity contribution in [1.29, 1.82) is 0 Å². The van der Waals surface area contributed by atoms with E-state index in [1.54, 1.807) is 13.8 Å². The summed E-state index contributed by atoms with van der Waals surface area (Å²) in [4.78, 5) is 41.5. The van der Waals surface area contributed by atoms with Crippen LogP contribution in [0.5, 0.6) is 0 Å². The molecule has 0 aliphatic carbocycles. The molecule has 0 amide bonds. The zero-order chi connectivity index (χ0) is 29.8. The van der Waals surface area contributed by atoms with Crippen LogP contribution in [0.1, 0.15) is 45.7 Å². The number of hydrogen-bond acceptors (Lipinski definition) is 6. The number of fused-ring (bicyclic) bond motifs is 2. The molecule has 0 fully saturated rings. The number of alkyl halides is 6. The molecule has 4 rings (SSSR count). The highest BCUT2D eigenvalue weighted by atomic mass is 35.5. The Morgan fingerprint density at radius 2 is 1.38 bits per heavy atom. The molecule has 212 valence electrons. The summed E-state index contributed by atoms with van der Waals surface area (Å²) in [5.41, 5.74) is -2.48. The number of pyridine rings is 2. The number of nitrogens with zero attached hydrogens (tertiary/aromatic N) is 1. The molecule has 0 unspecified atom stereocenters. The van der Waals surface area contributed by atoms with Gasteiger partial charge in [0.05, 0.1) is 40.4 Å². The minimum absolute atomic E-state index is 0.00329. The molecule has 0 aliphatic rings. The smallest absolute Gasteiger partial charge is 0.416 e. The summed E-state index contributed by atoms with van der Waals surface area (Å²) in [6.07, 6.45) is -6.78. The number of ether oxygens (including phenoxy) is 2. The Labute approximate surface area is 226 Å². The van der Waals surface area contributed by atoms with E-state index in [9.17, 15) is 40.7 Å². The summed E-state index contributed by atoms with van der Waals surface area (Å²) in [7, 11) is 0. The Balaban J connectivity index is 0.000000220. The number of carbonyl (C=O) groups excluding carboxylic acids is 2. The van der Waals surface area contributed by atoms with Crippen LogP contribution in [0.15, 0.2) is 53.6 Å². The number of aromatic amines is 1. The van der Waals surface area contributed by atoms with Crippen LogP contribution in [0.2, 0.25) is 5.02 Å². The predicted octanol–water partition coefficient (Wildman–Crippen LogP) is 6.81. The van der Waals surface area contributed by atoms with Gasteiger partial charge in [-0.05, 0) is 44.2 Å². The Kier molecular flexibility index (Phi) is 9.08. The van der Waals surface area contributed by atoms with Gasteiger partial charge in [0.1, 0.15) is 5.56 Å². The summed E-state index contributed by atoms with van der Waals surface area (Å²) in [6, 6.07) is 5.63. The maximum Gasteiger partial charge on any atom is 0.416 e. The molecule has 4 aromatic rings. The molecule has 7 nitrogen and oxygen atoms in total. The van der Waals surface area contributed by atoms with Gasteiger partial charge in [0, 0.05) is 28.7 Å². The van der Waals surface area contributed by atoms with Crippen LogP contribution in [0.25, 0.3) is 21.8 Å². The van der Waals surface area contributed by atoms with E-state index in [1.165, 1.54) is 6.07 Å². The van der Waals surface area contributed by atoms with Crippen molar-refractivity contribution in [3.05, 3.63) is 86.3 Å². The quantitative estimate of drug-likeness (QED) is 0.208. The fraction of sp³-hybridized carbons (Fsp3) is 0.231. The highest BCUT2D eigenvalue weighted by Gasteiger charge is 2.32. The lowest BCUT2D eigenvalue weighted by Crippen LogP contribution is -2.18. The number of halogens is 7. The first-order valence-corrected chi connectivity index (χ1v) is 11.8. The van der Waals surface area contributed by atoms with Crippen molar-refractivity contribution >= 4 is 45.3 Å². The van der Waals surface area contributed by atoms with Crippen LogP contribution in [0, 0.1) is 0 Å². The molecule has 0 spiro atoms. The molecule has 0 atom stereocenters. The molecule has 0 saturated heterocycles. The van der Waals surface area contributed by atoms with Crippen LogP contribution in [-0.4, -0.2) is 35.1 Å². The van der Waals surface area contributed by atoms with Gasteiger partial charge in [-0.2, -0.15) is 26.3 Å². The fourth-order valence-corrected chi connectivity index (χ4v) is 3.73. The van der Waals surface area contributed by atoms with Gasteiger partial charge >= 0.3 is 24.3 Å². The first kappa shape index (κ1) is 30.4. The minimum atomic E-state index is -4.50. The van der Waals surface area contributed by atoms with Gasteiger partial charge in [0.25, 0.3) is 0 Å². The van der Waals surface area contributed by atoms with Crippen molar-refractivity contribution in [1.82, 2.24) is 9.97 Å². The van der Waals surface area contributed by atoms with Crippen molar-refractivity contribution < 1.29 is 45.4 Å². The number of H-pyrrole nitrogens is 1. The third kappa shape index (κ3) is 6.71. The molecular formula is C26H19ClF6N2O5. The fourth-order valence-electron chi connectivity index (χ4n) is 3.45. The van der Waals surface area contributed by atoms with E-state index >= 15 is 0 Å². The first-order chi connectivity index (χ1) is 18.7. The third-order valence-corrected chi connectivity index (χ3v) is 5.74. The van der Waals surface area contributed by atoms with Crippen LogP contribution in [0.4, 0.5) is 26.3 Å². The lowest BCUT2D eigenvalue weighted by atomic mass is 10.1. The molecule has 14 heteroatoms. The predicted molar refractivity (Wildman–Crippen MR) is 133 cm³/mol. The third-order valence-electron chi connectivity index (χ3n) is 5.33. The van der Waals surface area contributed by atoms with Crippen LogP contribution in [-0.2, 0) is 21.8 Å². The highest BCUT2D eigenvalue weighted by Crippen LogP contribution is 2.34. The van der Waals surface area contributed by atoms with Gasteiger partial charge < -0.3 is 14.5 Å². The largest absolute Gasteiger partial charge is 0.462 e. The zero-order valence-corrected chi connectivity index (χ0v) is 21.4. The van der Waals surface area contributed by atoms with Gasteiger partial charge in [-0.1, -0.05) is 17.7 Å². The molecule has 2 heterocycles. The van der Waals surface area contributed by atoms with Crippen LogP contribution in [0.3, 0.4) is 0 Å². The average Bonchev–Trinajstić information content (AvgIpc) is 2.88. The second-order valence-corrected chi connectivity index (χ2v) is 8.32. The number of rotatable bonds is 4. The summed E-state index contributed by atoms with van der Waals surface area (Å²) in [5, 5.41) is 0.302. The van der Waals surface area contributed by atoms with Gasteiger partial charge in [0.2, 0.25) is 5.43 Å². The maximum absolute atomic E-state index is 12.6. The number of aromatic nitrogens is 2. The normalized spacial score (nSPS) is 11.6. The maximum atomic E-state index is 12.6. The van der Waals surface area contributed by atoms with Crippen molar-refractivity contribution in [2.45, 2.75) is 26.2 Å². The van der Waals surface area contributed by atoms with Gasteiger partial charge in [-0.15, -0.1) is 0 Å².